The molecule has 0 spiro atoms. The molecule has 0 aromatic carbocycles. The highest BCUT2D eigenvalue weighted by atomic mass is 32.2. The molecule has 7 heteroatoms. The first-order valence-electron chi connectivity index (χ1n) is 6.18. The van der Waals surface area contributed by atoms with Gasteiger partial charge in [-0.3, -0.25) is 0 Å². The topological polar surface area (TPSA) is 85.8 Å². The van der Waals surface area contributed by atoms with Crippen LogP contribution in [0.4, 0.5) is 0 Å². The van der Waals surface area contributed by atoms with Crippen molar-refractivity contribution in [3.05, 3.63) is 17.6 Å². The Morgan fingerprint density at radius 3 is 2.58 bits per heavy atom. The highest BCUT2D eigenvalue weighted by molar-refractivity contribution is 7.89. The molecule has 0 aliphatic heterocycles. The first-order valence-corrected chi connectivity index (χ1v) is 7.62. The maximum atomic E-state index is 12.6. The van der Waals surface area contributed by atoms with Gasteiger partial charge in [-0.2, -0.15) is 4.31 Å². The molecule has 0 bridgehead atoms. The van der Waals surface area contributed by atoms with Crippen molar-refractivity contribution in [2.24, 2.45) is 5.73 Å². The van der Waals surface area contributed by atoms with E-state index in [0.717, 1.165) is 0 Å². The van der Waals surface area contributed by atoms with Crippen LogP contribution in [0.15, 0.2) is 15.4 Å². The van der Waals surface area contributed by atoms with Gasteiger partial charge in [-0.15, -0.1) is 0 Å². The average molecular weight is 290 g/mol. The van der Waals surface area contributed by atoms with Gasteiger partial charge in [0.2, 0.25) is 10.0 Å². The van der Waals surface area contributed by atoms with Crippen molar-refractivity contribution in [1.82, 2.24) is 4.31 Å². The third-order valence-corrected chi connectivity index (χ3v) is 5.12. The Balaban J connectivity index is 3.16. The molecule has 0 saturated heterocycles. The molecule has 0 fully saturated rings. The van der Waals surface area contributed by atoms with Crippen LogP contribution in [0.5, 0.6) is 0 Å². The number of hydrogen-bond acceptors (Lipinski definition) is 5. The van der Waals surface area contributed by atoms with Crippen LogP contribution in [-0.4, -0.2) is 39.0 Å². The van der Waals surface area contributed by atoms with Crippen molar-refractivity contribution in [3.63, 3.8) is 0 Å². The second kappa shape index (κ2) is 6.51. The van der Waals surface area contributed by atoms with Gasteiger partial charge in [-0.25, -0.2) is 8.42 Å². The van der Waals surface area contributed by atoms with Gasteiger partial charge in [-0.05, 0) is 13.8 Å². The SMILES string of the molecule is CCN(C(C)COC)S(=O)(=O)c1cc(CN)oc1C. The van der Waals surface area contributed by atoms with E-state index in [2.05, 4.69) is 0 Å². The molecule has 110 valence electrons. The molecular weight excluding hydrogens is 268 g/mol. The standard InChI is InChI=1S/C12H22N2O4S/c1-5-14(9(2)8-17-4)19(15,16)12-6-11(7-13)18-10(12)3/h6,9H,5,7-8,13H2,1-4H3. The summed E-state index contributed by atoms with van der Waals surface area (Å²) in [5, 5.41) is 0. The van der Waals surface area contributed by atoms with E-state index < -0.39 is 10.0 Å². The summed E-state index contributed by atoms with van der Waals surface area (Å²) in [6, 6.07) is 1.25. The Morgan fingerprint density at radius 1 is 1.53 bits per heavy atom. The summed E-state index contributed by atoms with van der Waals surface area (Å²) in [6.45, 7) is 6.12. The summed E-state index contributed by atoms with van der Waals surface area (Å²) in [5.41, 5.74) is 5.47. The molecule has 1 aromatic heterocycles. The zero-order valence-electron chi connectivity index (χ0n) is 11.8. The number of furan rings is 1. The van der Waals surface area contributed by atoms with Crippen LogP contribution < -0.4 is 5.73 Å². The molecule has 0 aliphatic rings. The Hall–Kier alpha value is -0.890. The minimum atomic E-state index is -3.59. The number of likely N-dealkylation sites (N-methyl/N-ethyl adjacent to an activating group) is 1. The van der Waals surface area contributed by atoms with E-state index in [1.165, 1.54) is 10.4 Å². The summed E-state index contributed by atoms with van der Waals surface area (Å²) in [6.07, 6.45) is 0. The molecule has 19 heavy (non-hydrogen) atoms. The van der Waals surface area contributed by atoms with Gasteiger partial charge >= 0.3 is 0 Å². The summed E-state index contributed by atoms with van der Waals surface area (Å²) in [4.78, 5) is 0.178. The largest absolute Gasteiger partial charge is 0.464 e. The third-order valence-electron chi connectivity index (χ3n) is 2.92. The molecule has 6 nitrogen and oxygen atoms in total. The lowest BCUT2D eigenvalue weighted by Gasteiger charge is -2.26. The minimum absolute atomic E-state index is 0.177. The smallest absolute Gasteiger partial charge is 0.246 e. The first-order chi connectivity index (χ1) is 8.88. The number of ether oxygens (including phenoxy) is 1. The number of aryl methyl sites for hydroxylation is 1. The van der Waals surface area contributed by atoms with Crippen molar-refractivity contribution in [2.45, 2.75) is 38.3 Å². The van der Waals surface area contributed by atoms with Gasteiger partial charge in [0.15, 0.2) is 0 Å². The van der Waals surface area contributed by atoms with E-state index >= 15 is 0 Å². The highest BCUT2D eigenvalue weighted by Gasteiger charge is 2.31. The summed E-state index contributed by atoms with van der Waals surface area (Å²) in [5.74, 6) is 0.829. The van der Waals surface area contributed by atoms with Crippen LogP contribution in [0, 0.1) is 6.92 Å². The van der Waals surface area contributed by atoms with Crippen LogP contribution in [0.1, 0.15) is 25.4 Å². The molecule has 1 rings (SSSR count). The monoisotopic (exact) mass is 290 g/mol. The molecule has 0 aliphatic carbocycles. The first kappa shape index (κ1) is 16.2. The van der Waals surface area contributed by atoms with Crippen LogP contribution in [0.2, 0.25) is 0 Å². The zero-order valence-corrected chi connectivity index (χ0v) is 12.7. The zero-order chi connectivity index (χ0) is 14.6. The number of nitrogens with two attached hydrogens (primary N) is 1. The number of nitrogens with zero attached hydrogens (tertiary/aromatic N) is 1. The van der Waals surface area contributed by atoms with Gasteiger partial charge in [-0.1, -0.05) is 6.92 Å². The molecule has 2 N–H and O–H groups in total. The lowest BCUT2D eigenvalue weighted by molar-refractivity contribution is 0.142. The van der Waals surface area contributed by atoms with Gasteiger partial charge in [0.25, 0.3) is 0 Å². The van der Waals surface area contributed by atoms with Crippen molar-refractivity contribution < 1.29 is 17.6 Å². The fourth-order valence-electron chi connectivity index (χ4n) is 2.05. The second-order valence-corrected chi connectivity index (χ2v) is 6.21. The fraction of sp³-hybridized carbons (Fsp3) is 0.667. The van der Waals surface area contributed by atoms with Crippen molar-refractivity contribution in [2.75, 3.05) is 20.3 Å². The predicted molar refractivity (Wildman–Crippen MR) is 72.2 cm³/mol. The van der Waals surface area contributed by atoms with Crippen molar-refractivity contribution in [1.29, 1.82) is 0 Å². The van der Waals surface area contributed by atoms with E-state index in [4.69, 9.17) is 14.9 Å². The highest BCUT2D eigenvalue weighted by Crippen LogP contribution is 2.24. The summed E-state index contributed by atoms with van der Waals surface area (Å²) in [7, 11) is -2.04. The molecule has 1 aromatic rings. The molecule has 1 unspecified atom stereocenters. The van der Waals surface area contributed by atoms with E-state index in [1.54, 1.807) is 21.0 Å². The van der Waals surface area contributed by atoms with Gasteiger partial charge in [0.05, 0.1) is 13.2 Å². The lowest BCUT2D eigenvalue weighted by Crippen LogP contribution is -2.40. The molecule has 1 atom stereocenters. The van der Waals surface area contributed by atoms with E-state index in [-0.39, 0.29) is 17.5 Å². The van der Waals surface area contributed by atoms with Gasteiger partial charge < -0.3 is 14.9 Å². The normalized spacial score (nSPS) is 14.0. The molecule has 0 saturated carbocycles. The van der Waals surface area contributed by atoms with Crippen LogP contribution >= 0.6 is 0 Å². The molecule has 1 heterocycles. The Kier molecular flexibility index (Phi) is 5.54. The minimum Gasteiger partial charge on any atom is -0.464 e. The number of hydrogen-bond donors (Lipinski definition) is 1. The van der Waals surface area contributed by atoms with Crippen LogP contribution in [-0.2, 0) is 21.3 Å². The van der Waals surface area contributed by atoms with Crippen LogP contribution in [0.3, 0.4) is 0 Å². The molecule has 0 radical (unpaired) electrons. The van der Waals surface area contributed by atoms with Gasteiger partial charge in [0.1, 0.15) is 16.4 Å². The van der Waals surface area contributed by atoms with E-state index in [9.17, 15) is 8.42 Å². The average Bonchev–Trinajstić information content (AvgIpc) is 2.72. The summed E-state index contributed by atoms with van der Waals surface area (Å²) >= 11 is 0. The number of methoxy groups -OCH3 is 1. The van der Waals surface area contributed by atoms with Gasteiger partial charge in [0, 0.05) is 25.8 Å². The van der Waals surface area contributed by atoms with E-state index in [0.29, 0.717) is 24.7 Å². The quantitative estimate of drug-likeness (QED) is 0.812. The van der Waals surface area contributed by atoms with Crippen LogP contribution in [0.25, 0.3) is 0 Å². The fourth-order valence-corrected chi connectivity index (χ4v) is 3.86. The molecule has 0 amide bonds. The second-order valence-electron chi connectivity index (χ2n) is 4.35. The van der Waals surface area contributed by atoms with Crippen molar-refractivity contribution in [3.8, 4) is 0 Å². The third kappa shape index (κ3) is 3.36. The Labute approximate surface area is 114 Å². The Bertz CT molecular complexity index is 510. The number of rotatable bonds is 7. The van der Waals surface area contributed by atoms with E-state index in [1.807, 2.05) is 6.92 Å². The maximum Gasteiger partial charge on any atom is 0.246 e. The maximum absolute atomic E-state index is 12.6. The number of sulfonamides is 1. The van der Waals surface area contributed by atoms with Crippen molar-refractivity contribution >= 4 is 10.0 Å². The Morgan fingerprint density at radius 2 is 2.16 bits per heavy atom. The lowest BCUT2D eigenvalue weighted by atomic mass is 10.4. The predicted octanol–water partition coefficient (Wildman–Crippen LogP) is 1.09. The summed E-state index contributed by atoms with van der Waals surface area (Å²) < 4.78 is 36.9. The molecular formula is C12H22N2O4S.